The van der Waals surface area contributed by atoms with Crippen molar-refractivity contribution in [1.82, 2.24) is 4.90 Å². The Morgan fingerprint density at radius 1 is 1.43 bits per heavy atom. The molecule has 2 aliphatic heterocycles. The van der Waals surface area contributed by atoms with Crippen molar-refractivity contribution in [2.24, 2.45) is 5.92 Å². The zero-order valence-corrected chi connectivity index (χ0v) is 9.12. The number of methoxy groups -OCH3 is 1. The van der Waals surface area contributed by atoms with Gasteiger partial charge in [-0.25, -0.2) is 0 Å². The van der Waals surface area contributed by atoms with Crippen LogP contribution in [0.25, 0.3) is 0 Å². The van der Waals surface area contributed by atoms with Crippen LogP contribution in [0.2, 0.25) is 0 Å². The smallest absolute Gasteiger partial charge is 0.118 e. The molecular weight excluding hydrogens is 174 g/mol. The quantitative estimate of drug-likeness (QED) is 0.634. The van der Waals surface area contributed by atoms with Crippen LogP contribution in [0.3, 0.4) is 0 Å². The van der Waals surface area contributed by atoms with Gasteiger partial charge < -0.3 is 9.64 Å². The Morgan fingerprint density at radius 3 is 3.07 bits per heavy atom. The number of hydrogen-bond donors (Lipinski definition) is 0. The zero-order chi connectivity index (χ0) is 9.97. The van der Waals surface area contributed by atoms with Gasteiger partial charge in [0.1, 0.15) is 5.76 Å². The summed E-state index contributed by atoms with van der Waals surface area (Å²) in [5.74, 6) is 1.90. The lowest BCUT2D eigenvalue weighted by Crippen LogP contribution is -2.26. The minimum atomic E-state index is 0.868. The lowest BCUT2D eigenvalue weighted by atomic mass is 10.0. The van der Waals surface area contributed by atoms with E-state index in [0.29, 0.717) is 0 Å². The lowest BCUT2D eigenvalue weighted by molar-refractivity contribution is 0.285. The van der Waals surface area contributed by atoms with E-state index in [9.17, 15) is 0 Å². The zero-order valence-electron chi connectivity index (χ0n) is 9.12. The third-order valence-electron chi connectivity index (χ3n) is 3.25. The second-order valence-corrected chi connectivity index (χ2v) is 4.32. The first kappa shape index (κ1) is 9.63. The van der Waals surface area contributed by atoms with Crippen molar-refractivity contribution in [1.29, 1.82) is 0 Å². The van der Waals surface area contributed by atoms with Crippen molar-refractivity contribution in [3.8, 4) is 0 Å². The summed E-state index contributed by atoms with van der Waals surface area (Å²) in [4.78, 5) is 2.48. The molecule has 0 saturated carbocycles. The monoisotopic (exact) mass is 193 g/mol. The summed E-state index contributed by atoms with van der Waals surface area (Å²) in [5.41, 5.74) is 1.47. The van der Waals surface area contributed by atoms with Crippen LogP contribution >= 0.6 is 0 Å². The van der Waals surface area contributed by atoms with Gasteiger partial charge in [-0.1, -0.05) is 6.92 Å². The van der Waals surface area contributed by atoms with E-state index < -0.39 is 0 Å². The van der Waals surface area contributed by atoms with Crippen molar-refractivity contribution >= 4 is 0 Å². The molecule has 2 rings (SSSR count). The summed E-state index contributed by atoms with van der Waals surface area (Å²) in [6.45, 7) is 4.59. The van der Waals surface area contributed by atoms with Gasteiger partial charge in [0, 0.05) is 18.8 Å². The maximum absolute atomic E-state index is 5.27. The molecule has 2 heterocycles. The van der Waals surface area contributed by atoms with E-state index in [1.807, 2.05) is 0 Å². The molecule has 0 amide bonds. The van der Waals surface area contributed by atoms with Gasteiger partial charge in [0.05, 0.1) is 7.11 Å². The highest BCUT2D eigenvalue weighted by atomic mass is 16.5. The number of hydrogen-bond acceptors (Lipinski definition) is 2. The predicted molar refractivity (Wildman–Crippen MR) is 57.8 cm³/mol. The van der Waals surface area contributed by atoms with E-state index in [1.165, 1.54) is 31.5 Å². The Bertz CT molecular complexity index is 267. The van der Waals surface area contributed by atoms with Crippen LogP contribution in [0.15, 0.2) is 23.6 Å². The molecule has 0 spiro atoms. The van der Waals surface area contributed by atoms with Gasteiger partial charge in [0.2, 0.25) is 0 Å². The molecule has 78 valence electrons. The van der Waals surface area contributed by atoms with Crippen molar-refractivity contribution in [3.63, 3.8) is 0 Å². The number of fused-ring (bicyclic) bond motifs is 1. The van der Waals surface area contributed by atoms with Gasteiger partial charge in [-0.2, -0.15) is 0 Å². The SMILES string of the molecule is COC1=CCN2CCC(C)CCC2=C1. The van der Waals surface area contributed by atoms with Crippen molar-refractivity contribution < 1.29 is 4.74 Å². The molecule has 2 heteroatoms. The maximum atomic E-state index is 5.27. The largest absolute Gasteiger partial charge is 0.497 e. The van der Waals surface area contributed by atoms with Gasteiger partial charge in [-0.3, -0.25) is 0 Å². The molecule has 0 aromatic rings. The Kier molecular flexibility index (Phi) is 2.80. The molecular formula is C12H19NO. The normalized spacial score (nSPS) is 27.3. The van der Waals surface area contributed by atoms with Crippen LogP contribution in [0, 0.1) is 5.92 Å². The standard InChI is InChI=1S/C12H19NO/c1-10-3-4-11-9-12(14-2)6-8-13(11)7-5-10/h6,9-10H,3-5,7-8H2,1-2H3. The molecule has 2 nitrogen and oxygen atoms in total. The fourth-order valence-corrected chi connectivity index (χ4v) is 2.15. The van der Waals surface area contributed by atoms with E-state index in [2.05, 4.69) is 24.0 Å². The molecule has 1 unspecified atom stereocenters. The van der Waals surface area contributed by atoms with Gasteiger partial charge in [-0.15, -0.1) is 0 Å². The molecule has 14 heavy (non-hydrogen) atoms. The highest BCUT2D eigenvalue weighted by Gasteiger charge is 2.19. The second kappa shape index (κ2) is 4.07. The summed E-state index contributed by atoms with van der Waals surface area (Å²) in [5, 5.41) is 0. The first-order valence-electron chi connectivity index (χ1n) is 5.49. The third kappa shape index (κ3) is 1.94. The molecule has 0 radical (unpaired) electrons. The van der Waals surface area contributed by atoms with Gasteiger partial charge in [0.25, 0.3) is 0 Å². The summed E-state index contributed by atoms with van der Waals surface area (Å²) in [6, 6.07) is 0. The molecule has 1 saturated heterocycles. The molecule has 0 aliphatic carbocycles. The number of nitrogens with zero attached hydrogens (tertiary/aromatic N) is 1. The Balaban J connectivity index is 2.10. The average molecular weight is 193 g/mol. The van der Waals surface area contributed by atoms with Crippen LogP contribution in [0.1, 0.15) is 26.2 Å². The molecule has 1 atom stereocenters. The second-order valence-electron chi connectivity index (χ2n) is 4.32. The Morgan fingerprint density at radius 2 is 2.29 bits per heavy atom. The Hall–Kier alpha value is -0.920. The van der Waals surface area contributed by atoms with Crippen LogP contribution in [0.4, 0.5) is 0 Å². The minimum Gasteiger partial charge on any atom is -0.497 e. The summed E-state index contributed by atoms with van der Waals surface area (Å²) < 4.78 is 5.27. The third-order valence-corrected chi connectivity index (χ3v) is 3.25. The molecule has 0 aromatic heterocycles. The summed E-state index contributed by atoms with van der Waals surface area (Å²) >= 11 is 0. The fourth-order valence-electron chi connectivity index (χ4n) is 2.15. The number of ether oxygens (including phenoxy) is 1. The van der Waals surface area contributed by atoms with Gasteiger partial charge in [0.15, 0.2) is 0 Å². The van der Waals surface area contributed by atoms with Crippen LogP contribution < -0.4 is 0 Å². The van der Waals surface area contributed by atoms with E-state index >= 15 is 0 Å². The highest BCUT2D eigenvalue weighted by Crippen LogP contribution is 2.27. The predicted octanol–water partition coefficient (Wildman–Crippen LogP) is 2.54. The fraction of sp³-hybridized carbons (Fsp3) is 0.667. The average Bonchev–Trinajstić information content (AvgIpc) is 2.40. The maximum Gasteiger partial charge on any atom is 0.118 e. The molecule has 2 aliphatic rings. The minimum absolute atomic E-state index is 0.868. The topological polar surface area (TPSA) is 12.5 Å². The molecule has 0 bridgehead atoms. The first-order chi connectivity index (χ1) is 6.79. The highest BCUT2D eigenvalue weighted by molar-refractivity contribution is 5.24. The van der Waals surface area contributed by atoms with Crippen LogP contribution in [-0.2, 0) is 4.74 Å². The Labute approximate surface area is 86.2 Å². The molecule has 0 aromatic carbocycles. The van der Waals surface area contributed by atoms with E-state index in [1.54, 1.807) is 7.11 Å². The van der Waals surface area contributed by atoms with Crippen molar-refractivity contribution in [2.45, 2.75) is 26.2 Å². The van der Waals surface area contributed by atoms with Crippen molar-refractivity contribution in [3.05, 3.63) is 23.6 Å². The van der Waals surface area contributed by atoms with Gasteiger partial charge >= 0.3 is 0 Å². The summed E-state index contributed by atoms with van der Waals surface area (Å²) in [7, 11) is 1.75. The van der Waals surface area contributed by atoms with Gasteiger partial charge in [-0.05, 0) is 37.3 Å². The van der Waals surface area contributed by atoms with E-state index in [4.69, 9.17) is 4.74 Å². The number of rotatable bonds is 1. The summed E-state index contributed by atoms with van der Waals surface area (Å²) in [6.07, 6.45) is 8.22. The lowest BCUT2D eigenvalue weighted by Gasteiger charge is -2.27. The van der Waals surface area contributed by atoms with Crippen molar-refractivity contribution in [2.75, 3.05) is 20.2 Å². The molecule has 1 fully saturated rings. The first-order valence-corrected chi connectivity index (χ1v) is 5.49. The molecule has 0 N–H and O–H groups in total. The van der Waals surface area contributed by atoms with E-state index in [-0.39, 0.29) is 0 Å². The number of allylic oxidation sites excluding steroid dienone is 2. The van der Waals surface area contributed by atoms with E-state index in [0.717, 1.165) is 18.2 Å². The van der Waals surface area contributed by atoms with Crippen LogP contribution in [0.5, 0.6) is 0 Å². The van der Waals surface area contributed by atoms with Crippen LogP contribution in [-0.4, -0.2) is 25.1 Å².